The van der Waals surface area contributed by atoms with Crippen molar-refractivity contribution in [2.75, 3.05) is 6.54 Å². The van der Waals surface area contributed by atoms with Gasteiger partial charge >= 0.3 is 6.03 Å². The minimum atomic E-state index is -0.516. The summed E-state index contributed by atoms with van der Waals surface area (Å²) in [6.45, 7) is 1.96. The Morgan fingerprint density at radius 1 is 1.00 bits per heavy atom. The van der Waals surface area contributed by atoms with Gasteiger partial charge in [0, 0.05) is 0 Å². The molecule has 3 amide bonds. The molecule has 0 aliphatic rings. The number of furan rings is 1. The topological polar surface area (TPSA) is 75.8 Å². The number of carbonyl (C=O) groups is 2. The number of quaternary nitrogens is 1. The van der Waals surface area contributed by atoms with Crippen LogP contribution in [0.4, 0.5) is 4.79 Å². The van der Waals surface area contributed by atoms with Gasteiger partial charge in [0.2, 0.25) is 0 Å². The summed E-state index contributed by atoms with van der Waals surface area (Å²) in [5, 5.41) is 9.05. The van der Waals surface area contributed by atoms with Crippen molar-refractivity contribution in [2.45, 2.75) is 19.6 Å². The molecule has 3 aromatic rings. The fourth-order valence-corrected chi connectivity index (χ4v) is 4.08. The summed E-state index contributed by atoms with van der Waals surface area (Å²) in [6, 6.07) is 11.1. The lowest BCUT2D eigenvalue weighted by Gasteiger charge is -2.17. The molecule has 0 saturated carbocycles. The number of carbonyl (C=O) groups excluding carboxylic acids is 2. The maximum atomic E-state index is 12.3. The second kappa shape index (κ2) is 9.33. The number of urea groups is 1. The van der Waals surface area contributed by atoms with Crippen molar-refractivity contribution in [3.63, 3.8) is 0 Å². The molecule has 3 N–H and O–H groups in total. The van der Waals surface area contributed by atoms with Crippen molar-refractivity contribution in [1.29, 1.82) is 0 Å². The van der Waals surface area contributed by atoms with Crippen LogP contribution in [0.2, 0.25) is 0 Å². The summed E-state index contributed by atoms with van der Waals surface area (Å²) in [7, 11) is 0. The van der Waals surface area contributed by atoms with Crippen molar-refractivity contribution < 1.29 is 18.9 Å². The average molecular weight is 391 g/mol. The van der Waals surface area contributed by atoms with E-state index in [2.05, 4.69) is 22.8 Å². The molecule has 0 aliphatic heterocycles. The van der Waals surface area contributed by atoms with Gasteiger partial charge in [-0.1, -0.05) is 12.1 Å². The molecule has 26 heavy (non-hydrogen) atoms. The third-order valence-corrected chi connectivity index (χ3v) is 5.43. The van der Waals surface area contributed by atoms with Crippen LogP contribution in [-0.4, -0.2) is 18.5 Å². The van der Waals surface area contributed by atoms with Crippen LogP contribution in [0.5, 0.6) is 0 Å². The molecule has 0 bridgehead atoms. The smallest absolute Gasteiger partial charge is 0.321 e. The van der Waals surface area contributed by atoms with Crippen LogP contribution in [0, 0.1) is 0 Å². The molecule has 0 unspecified atom stereocenters. The Balaban J connectivity index is 1.51. The van der Waals surface area contributed by atoms with Crippen molar-refractivity contribution in [3.8, 4) is 0 Å². The molecule has 8 heteroatoms. The van der Waals surface area contributed by atoms with Crippen LogP contribution >= 0.6 is 22.7 Å². The van der Waals surface area contributed by atoms with Crippen molar-refractivity contribution in [1.82, 2.24) is 10.6 Å². The van der Waals surface area contributed by atoms with Crippen LogP contribution in [-0.2, 0) is 24.4 Å². The Bertz CT molecular complexity index is 763. The predicted molar refractivity (Wildman–Crippen MR) is 101 cm³/mol. The van der Waals surface area contributed by atoms with Gasteiger partial charge in [-0.25, -0.2) is 4.79 Å². The zero-order chi connectivity index (χ0) is 18.2. The van der Waals surface area contributed by atoms with Crippen molar-refractivity contribution >= 4 is 34.6 Å². The molecule has 3 aromatic heterocycles. The molecule has 0 atom stereocenters. The molecule has 3 heterocycles. The number of nitrogens with one attached hydrogen (secondary N) is 3. The summed E-state index contributed by atoms with van der Waals surface area (Å²) in [5.74, 6) is 0.334. The van der Waals surface area contributed by atoms with E-state index in [0.717, 1.165) is 18.0 Å². The van der Waals surface area contributed by atoms with Crippen LogP contribution in [0.3, 0.4) is 0 Å². The van der Waals surface area contributed by atoms with Gasteiger partial charge in [0.15, 0.2) is 6.54 Å². The van der Waals surface area contributed by atoms with Gasteiger partial charge in [0.05, 0.1) is 22.6 Å². The standard InChI is InChI=1S/C18H19N3O3S2/c22-17(20-18(23)19-10-14-4-1-7-24-14)13-21(11-15-5-2-8-25-15)12-16-6-3-9-26-16/h1-9H,10-13H2,(H2,19,20,22,23)/p+1. The lowest BCUT2D eigenvalue weighted by atomic mass is 10.3. The highest BCUT2D eigenvalue weighted by Crippen LogP contribution is 2.08. The lowest BCUT2D eigenvalue weighted by Crippen LogP contribution is -3.10. The second-order valence-corrected chi connectivity index (χ2v) is 7.81. The van der Waals surface area contributed by atoms with Crippen LogP contribution < -0.4 is 15.5 Å². The Morgan fingerprint density at radius 2 is 1.69 bits per heavy atom. The van der Waals surface area contributed by atoms with Gasteiger partial charge in [0.25, 0.3) is 5.91 Å². The number of amides is 3. The average Bonchev–Trinajstić information content (AvgIpc) is 3.36. The molecule has 3 rings (SSSR count). The van der Waals surface area contributed by atoms with Crippen LogP contribution in [0.1, 0.15) is 15.5 Å². The van der Waals surface area contributed by atoms with Gasteiger partial charge in [-0.2, -0.15) is 0 Å². The SMILES string of the molecule is O=C(C[NH+](Cc1cccs1)Cc1cccs1)NC(=O)NCc1ccco1. The summed E-state index contributed by atoms with van der Waals surface area (Å²) in [6.07, 6.45) is 1.54. The van der Waals surface area contributed by atoms with Gasteiger partial charge in [0.1, 0.15) is 18.8 Å². The quantitative estimate of drug-likeness (QED) is 0.551. The summed E-state index contributed by atoms with van der Waals surface area (Å²) in [4.78, 5) is 27.7. The molecule has 0 saturated heterocycles. The Hall–Kier alpha value is -2.42. The largest absolute Gasteiger partial charge is 0.467 e. The van der Waals surface area contributed by atoms with E-state index in [1.807, 2.05) is 22.9 Å². The number of imide groups is 1. The molecule has 0 aliphatic carbocycles. The first-order chi connectivity index (χ1) is 12.7. The third kappa shape index (κ3) is 5.83. The predicted octanol–water partition coefficient (Wildman–Crippen LogP) is 2.01. The number of hydrogen-bond donors (Lipinski definition) is 3. The molecular weight excluding hydrogens is 370 g/mol. The summed E-state index contributed by atoms with van der Waals surface area (Å²) < 4.78 is 5.14. The monoisotopic (exact) mass is 390 g/mol. The first kappa shape index (κ1) is 18.4. The van der Waals surface area contributed by atoms with Gasteiger partial charge in [-0.15, -0.1) is 22.7 Å². The highest BCUT2D eigenvalue weighted by Gasteiger charge is 2.18. The Labute approximate surface area is 159 Å². The van der Waals surface area contributed by atoms with Gasteiger partial charge in [-0.3, -0.25) is 10.1 Å². The Morgan fingerprint density at radius 3 is 2.23 bits per heavy atom. The summed E-state index contributed by atoms with van der Waals surface area (Å²) in [5.41, 5.74) is 0. The van der Waals surface area contributed by atoms with E-state index in [1.165, 1.54) is 16.0 Å². The molecule has 6 nitrogen and oxygen atoms in total. The van der Waals surface area contributed by atoms with E-state index in [0.29, 0.717) is 5.76 Å². The first-order valence-electron chi connectivity index (χ1n) is 8.17. The third-order valence-electron chi connectivity index (χ3n) is 3.68. The normalized spacial score (nSPS) is 10.8. The van der Waals surface area contributed by atoms with Crippen LogP contribution in [0.15, 0.2) is 57.8 Å². The molecular formula is C18H20N3O3S2+. The van der Waals surface area contributed by atoms with Gasteiger partial charge < -0.3 is 14.6 Å². The lowest BCUT2D eigenvalue weighted by molar-refractivity contribution is -0.919. The zero-order valence-electron chi connectivity index (χ0n) is 14.1. The molecule has 0 fully saturated rings. The molecule has 0 radical (unpaired) electrons. The van der Waals surface area contributed by atoms with E-state index in [-0.39, 0.29) is 19.0 Å². The number of rotatable bonds is 8. The van der Waals surface area contributed by atoms with E-state index in [1.54, 1.807) is 34.8 Å². The Kier molecular flexibility index (Phi) is 6.59. The minimum absolute atomic E-state index is 0.226. The van der Waals surface area contributed by atoms with Crippen molar-refractivity contribution in [3.05, 3.63) is 68.9 Å². The minimum Gasteiger partial charge on any atom is -0.467 e. The van der Waals surface area contributed by atoms with Crippen LogP contribution in [0.25, 0.3) is 0 Å². The second-order valence-electron chi connectivity index (χ2n) is 5.75. The van der Waals surface area contributed by atoms with E-state index in [4.69, 9.17) is 4.42 Å². The molecule has 136 valence electrons. The summed E-state index contributed by atoms with van der Waals surface area (Å²) >= 11 is 3.35. The molecule has 0 spiro atoms. The highest BCUT2D eigenvalue weighted by atomic mass is 32.1. The first-order valence-corrected chi connectivity index (χ1v) is 9.93. The fraction of sp³-hybridized carbons (Fsp3) is 0.222. The maximum Gasteiger partial charge on any atom is 0.321 e. The van der Waals surface area contributed by atoms with E-state index < -0.39 is 6.03 Å². The highest BCUT2D eigenvalue weighted by molar-refractivity contribution is 7.10. The maximum absolute atomic E-state index is 12.3. The van der Waals surface area contributed by atoms with E-state index >= 15 is 0 Å². The zero-order valence-corrected chi connectivity index (χ0v) is 15.7. The fourth-order valence-electron chi connectivity index (χ4n) is 2.53. The van der Waals surface area contributed by atoms with Crippen molar-refractivity contribution in [2.24, 2.45) is 0 Å². The number of thiophene rings is 2. The molecule has 0 aromatic carbocycles. The van der Waals surface area contributed by atoms with E-state index in [9.17, 15) is 9.59 Å². The van der Waals surface area contributed by atoms with Gasteiger partial charge in [-0.05, 0) is 35.0 Å². The number of hydrogen-bond acceptors (Lipinski definition) is 5.